The number of benzene rings is 2. The standard InChI is InChI=1S/C18H19Cl2NOS/c1-12-6-8-14(9-7-12)13(2)21-18(22)11-23-10-15-16(19)4-3-5-17(15)20/h3-9,13H,10-11H2,1-2H3,(H,21,22). The third-order valence-corrected chi connectivity index (χ3v) is 5.16. The fraction of sp³-hybridized carbons (Fsp3) is 0.278. The molecule has 1 N–H and O–H groups in total. The first-order chi connectivity index (χ1) is 11.0. The summed E-state index contributed by atoms with van der Waals surface area (Å²) in [5.74, 6) is 0.994. The van der Waals surface area contributed by atoms with Crippen LogP contribution in [0.15, 0.2) is 42.5 Å². The van der Waals surface area contributed by atoms with Gasteiger partial charge in [-0.1, -0.05) is 59.1 Å². The van der Waals surface area contributed by atoms with Gasteiger partial charge in [-0.2, -0.15) is 0 Å². The molecule has 0 fully saturated rings. The minimum atomic E-state index is -0.00685. The highest BCUT2D eigenvalue weighted by Gasteiger charge is 2.11. The third kappa shape index (κ3) is 5.45. The molecule has 1 amide bonds. The average molecular weight is 368 g/mol. The van der Waals surface area contributed by atoms with Crippen LogP contribution in [0.25, 0.3) is 0 Å². The normalized spacial score (nSPS) is 12.0. The molecule has 0 saturated carbocycles. The zero-order valence-corrected chi connectivity index (χ0v) is 15.4. The lowest BCUT2D eigenvalue weighted by molar-refractivity contribution is -0.119. The molecule has 0 aliphatic heterocycles. The molecule has 1 atom stereocenters. The Balaban J connectivity index is 1.82. The van der Waals surface area contributed by atoms with Gasteiger partial charge in [0.15, 0.2) is 0 Å². The van der Waals surface area contributed by atoms with E-state index in [-0.39, 0.29) is 11.9 Å². The van der Waals surface area contributed by atoms with Gasteiger partial charge in [-0.3, -0.25) is 4.79 Å². The second-order valence-electron chi connectivity index (χ2n) is 5.39. The molecular formula is C18H19Cl2NOS. The smallest absolute Gasteiger partial charge is 0.230 e. The number of aryl methyl sites for hydroxylation is 1. The summed E-state index contributed by atoms with van der Waals surface area (Å²) in [5.41, 5.74) is 3.18. The van der Waals surface area contributed by atoms with Crippen molar-refractivity contribution in [3.8, 4) is 0 Å². The van der Waals surface area contributed by atoms with E-state index in [1.54, 1.807) is 0 Å². The van der Waals surface area contributed by atoms with E-state index in [1.165, 1.54) is 17.3 Å². The molecule has 0 aromatic heterocycles. The van der Waals surface area contributed by atoms with E-state index in [9.17, 15) is 4.79 Å². The zero-order chi connectivity index (χ0) is 16.8. The number of amides is 1. The Labute approximate surface area is 151 Å². The molecule has 23 heavy (non-hydrogen) atoms. The van der Waals surface area contributed by atoms with Crippen molar-refractivity contribution in [2.24, 2.45) is 0 Å². The van der Waals surface area contributed by atoms with Gasteiger partial charge in [0.05, 0.1) is 11.8 Å². The van der Waals surface area contributed by atoms with Crippen molar-refractivity contribution in [1.82, 2.24) is 5.32 Å². The Bertz CT molecular complexity index is 653. The van der Waals surface area contributed by atoms with Crippen LogP contribution in [0.5, 0.6) is 0 Å². The van der Waals surface area contributed by atoms with Gasteiger partial charge in [-0.15, -0.1) is 11.8 Å². The molecule has 0 saturated heterocycles. The predicted molar refractivity (Wildman–Crippen MR) is 100 cm³/mol. The number of thioether (sulfide) groups is 1. The minimum Gasteiger partial charge on any atom is -0.349 e. The molecule has 0 bridgehead atoms. The van der Waals surface area contributed by atoms with Crippen LogP contribution >= 0.6 is 35.0 Å². The van der Waals surface area contributed by atoms with Crippen LogP contribution in [0.1, 0.15) is 29.7 Å². The highest BCUT2D eigenvalue weighted by molar-refractivity contribution is 7.99. The number of hydrogen-bond donors (Lipinski definition) is 1. The molecule has 2 nitrogen and oxygen atoms in total. The van der Waals surface area contributed by atoms with Crippen LogP contribution < -0.4 is 5.32 Å². The number of nitrogens with one attached hydrogen (secondary N) is 1. The van der Waals surface area contributed by atoms with Gasteiger partial charge >= 0.3 is 0 Å². The van der Waals surface area contributed by atoms with Crippen molar-refractivity contribution in [2.45, 2.75) is 25.6 Å². The quantitative estimate of drug-likeness (QED) is 0.738. The maximum atomic E-state index is 12.1. The van der Waals surface area contributed by atoms with E-state index in [4.69, 9.17) is 23.2 Å². The maximum absolute atomic E-state index is 12.1. The lowest BCUT2D eigenvalue weighted by Crippen LogP contribution is -2.28. The van der Waals surface area contributed by atoms with Gasteiger partial charge < -0.3 is 5.32 Å². The van der Waals surface area contributed by atoms with E-state index in [0.717, 1.165) is 11.1 Å². The zero-order valence-electron chi connectivity index (χ0n) is 13.1. The van der Waals surface area contributed by atoms with Crippen molar-refractivity contribution >= 4 is 40.9 Å². The molecule has 2 aromatic rings. The lowest BCUT2D eigenvalue weighted by Gasteiger charge is -2.14. The van der Waals surface area contributed by atoms with Crippen LogP contribution in [0.2, 0.25) is 10.0 Å². The van der Waals surface area contributed by atoms with Gasteiger partial charge in [0, 0.05) is 15.8 Å². The Hall–Kier alpha value is -1.16. The molecule has 0 radical (unpaired) electrons. The summed E-state index contributed by atoms with van der Waals surface area (Å²) in [6, 6.07) is 13.6. The Morgan fingerprint density at radius 1 is 1.13 bits per heavy atom. The highest BCUT2D eigenvalue weighted by Crippen LogP contribution is 2.28. The molecule has 0 spiro atoms. The monoisotopic (exact) mass is 367 g/mol. The van der Waals surface area contributed by atoms with Crippen molar-refractivity contribution in [3.63, 3.8) is 0 Å². The molecule has 0 heterocycles. The lowest BCUT2D eigenvalue weighted by atomic mass is 10.1. The summed E-state index contributed by atoms with van der Waals surface area (Å²) in [4.78, 5) is 12.1. The number of carbonyl (C=O) groups is 1. The highest BCUT2D eigenvalue weighted by atomic mass is 35.5. The number of hydrogen-bond acceptors (Lipinski definition) is 2. The first kappa shape index (κ1) is 18.2. The Morgan fingerprint density at radius 2 is 1.74 bits per heavy atom. The maximum Gasteiger partial charge on any atom is 0.230 e. The summed E-state index contributed by atoms with van der Waals surface area (Å²) in [5, 5.41) is 4.28. The van der Waals surface area contributed by atoms with E-state index in [1.807, 2.05) is 56.3 Å². The van der Waals surface area contributed by atoms with Crippen LogP contribution in [-0.4, -0.2) is 11.7 Å². The molecule has 0 aliphatic carbocycles. The topological polar surface area (TPSA) is 29.1 Å². The number of rotatable bonds is 6. The van der Waals surface area contributed by atoms with Gasteiger partial charge in [-0.05, 0) is 37.1 Å². The van der Waals surface area contributed by atoms with E-state index >= 15 is 0 Å². The second kappa shape index (κ2) is 8.62. The summed E-state index contributed by atoms with van der Waals surface area (Å²) in [6.45, 7) is 4.03. The van der Waals surface area contributed by atoms with Gasteiger partial charge in [0.1, 0.15) is 0 Å². The molecule has 5 heteroatoms. The van der Waals surface area contributed by atoms with E-state index in [2.05, 4.69) is 5.32 Å². The Morgan fingerprint density at radius 3 is 2.35 bits per heavy atom. The SMILES string of the molecule is Cc1ccc(C(C)NC(=O)CSCc2c(Cl)cccc2Cl)cc1. The van der Waals surface area contributed by atoms with Crippen LogP contribution in [0.4, 0.5) is 0 Å². The van der Waals surface area contributed by atoms with Crippen molar-refractivity contribution in [3.05, 3.63) is 69.2 Å². The van der Waals surface area contributed by atoms with Crippen LogP contribution in [-0.2, 0) is 10.5 Å². The van der Waals surface area contributed by atoms with Crippen LogP contribution in [0.3, 0.4) is 0 Å². The first-order valence-corrected chi connectivity index (χ1v) is 9.25. The second-order valence-corrected chi connectivity index (χ2v) is 7.19. The van der Waals surface area contributed by atoms with E-state index in [0.29, 0.717) is 21.6 Å². The van der Waals surface area contributed by atoms with Gasteiger partial charge in [0.25, 0.3) is 0 Å². The molecular weight excluding hydrogens is 349 g/mol. The fourth-order valence-corrected chi connectivity index (χ4v) is 3.71. The van der Waals surface area contributed by atoms with Gasteiger partial charge in [-0.25, -0.2) is 0 Å². The average Bonchev–Trinajstić information content (AvgIpc) is 2.51. The first-order valence-electron chi connectivity index (χ1n) is 7.34. The molecule has 1 unspecified atom stereocenters. The van der Waals surface area contributed by atoms with Gasteiger partial charge in [0.2, 0.25) is 5.91 Å². The summed E-state index contributed by atoms with van der Waals surface area (Å²) in [7, 11) is 0. The molecule has 2 rings (SSSR count). The number of carbonyl (C=O) groups excluding carboxylic acids is 1. The molecule has 0 aliphatic rings. The summed E-state index contributed by atoms with van der Waals surface area (Å²) < 4.78 is 0. The summed E-state index contributed by atoms with van der Waals surface area (Å²) in [6.07, 6.45) is 0. The van der Waals surface area contributed by atoms with Crippen molar-refractivity contribution < 1.29 is 4.79 Å². The largest absolute Gasteiger partial charge is 0.349 e. The van der Waals surface area contributed by atoms with E-state index < -0.39 is 0 Å². The number of halogens is 2. The summed E-state index contributed by atoms with van der Waals surface area (Å²) >= 11 is 13.7. The Kier molecular flexibility index (Phi) is 6.82. The molecule has 122 valence electrons. The predicted octanol–water partition coefficient (Wildman–Crippen LogP) is 5.41. The third-order valence-electron chi connectivity index (χ3n) is 3.50. The van der Waals surface area contributed by atoms with Crippen molar-refractivity contribution in [2.75, 3.05) is 5.75 Å². The van der Waals surface area contributed by atoms with Crippen molar-refractivity contribution in [1.29, 1.82) is 0 Å². The van der Waals surface area contributed by atoms with Crippen LogP contribution in [0, 0.1) is 6.92 Å². The molecule has 2 aromatic carbocycles. The minimum absolute atomic E-state index is 0.00579. The fourth-order valence-electron chi connectivity index (χ4n) is 2.14.